The van der Waals surface area contributed by atoms with Crippen LogP contribution in [0, 0.1) is 17.6 Å². The molecule has 4 amide bonds. The van der Waals surface area contributed by atoms with E-state index in [0.29, 0.717) is 38.9 Å². The van der Waals surface area contributed by atoms with Crippen molar-refractivity contribution in [3.63, 3.8) is 0 Å². The number of likely N-dealkylation sites (tertiary alicyclic amines) is 1. The van der Waals surface area contributed by atoms with Crippen molar-refractivity contribution in [3.05, 3.63) is 29.8 Å². The predicted molar refractivity (Wildman–Crippen MR) is 110 cm³/mol. The van der Waals surface area contributed by atoms with E-state index in [2.05, 4.69) is 10.6 Å². The number of piperidine rings is 1. The minimum atomic E-state index is -0.809. The monoisotopic (exact) mass is 434 g/mol. The molecule has 1 aromatic rings. The first kappa shape index (κ1) is 21.5. The van der Waals surface area contributed by atoms with E-state index >= 15 is 0 Å². The second-order valence-corrected chi connectivity index (χ2v) is 8.65. The molecule has 2 saturated heterocycles. The maximum atomic E-state index is 14.1. The maximum Gasteiger partial charge on any atom is 0.315 e. The Bertz CT molecular complexity index is 859. The fraction of sp³-hybridized carbons (Fsp3) is 0.591. The van der Waals surface area contributed by atoms with Crippen LogP contribution < -0.4 is 15.5 Å². The van der Waals surface area contributed by atoms with E-state index in [1.807, 2.05) is 4.90 Å². The zero-order valence-electron chi connectivity index (χ0n) is 17.4. The van der Waals surface area contributed by atoms with Crippen LogP contribution >= 0.6 is 0 Å². The van der Waals surface area contributed by atoms with Crippen LogP contribution in [0.2, 0.25) is 0 Å². The molecule has 0 spiro atoms. The van der Waals surface area contributed by atoms with Gasteiger partial charge in [-0.15, -0.1) is 0 Å². The predicted octanol–water partition coefficient (Wildman–Crippen LogP) is 2.55. The van der Waals surface area contributed by atoms with Crippen molar-refractivity contribution in [2.24, 2.45) is 5.92 Å². The summed E-state index contributed by atoms with van der Waals surface area (Å²) >= 11 is 0. The zero-order chi connectivity index (χ0) is 22.0. The summed E-state index contributed by atoms with van der Waals surface area (Å²) < 4.78 is 27.3. The summed E-state index contributed by atoms with van der Waals surface area (Å²) in [6.07, 6.45) is 5.80. The molecule has 31 heavy (non-hydrogen) atoms. The highest BCUT2D eigenvalue weighted by molar-refractivity contribution is 5.99. The Hall–Kier alpha value is -2.71. The first-order valence-corrected chi connectivity index (χ1v) is 11.0. The Morgan fingerprint density at radius 1 is 0.968 bits per heavy atom. The van der Waals surface area contributed by atoms with Crippen molar-refractivity contribution in [2.45, 2.75) is 57.0 Å². The molecule has 3 aliphatic rings. The molecule has 1 aromatic carbocycles. The summed E-state index contributed by atoms with van der Waals surface area (Å²) in [6.45, 7) is 1.41. The molecule has 3 fully saturated rings. The van der Waals surface area contributed by atoms with Gasteiger partial charge in [-0.05, 0) is 44.2 Å². The van der Waals surface area contributed by atoms with Crippen LogP contribution in [-0.4, -0.2) is 54.5 Å². The van der Waals surface area contributed by atoms with Crippen LogP contribution in [0.25, 0.3) is 0 Å². The highest BCUT2D eigenvalue weighted by atomic mass is 19.1. The lowest BCUT2D eigenvalue weighted by atomic mass is 10.0. The SMILES string of the molecule is O=C(NC1CCN(C(=O)C2CCCC2)C1)NC1CCCN(c2ccc(F)cc2F)C1=O. The fourth-order valence-corrected chi connectivity index (χ4v) is 4.84. The quantitative estimate of drug-likeness (QED) is 0.764. The number of anilines is 1. The van der Waals surface area contributed by atoms with E-state index in [4.69, 9.17) is 0 Å². The van der Waals surface area contributed by atoms with E-state index in [1.54, 1.807) is 0 Å². The number of hydrogen-bond acceptors (Lipinski definition) is 3. The molecule has 168 valence electrons. The first-order valence-electron chi connectivity index (χ1n) is 11.0. The largest absolute Gasteiger partial charge is 0.340 e. The lowest BCUT2D eigenvalue weighted by Crippen LogP contribution is -2.56. The summed E-state index contributed by atoms with van der Waals surface area (Å²) in [5, 5.41) is 5.54. The van der Waals surface area contributed by atoms with Gasteiger partial charge < -0.3 is 20.4 Å². The third-order valence-electron chi connectivity index (χ3n) is 6.48. The van der Waals surface area contributed by atoms with E-state index in [9.17, 15) is 23.2 Å². The number of carbonyl (C=O) groups is 3. The second-order valence-electron chi connectivity index (χ2n) is 8.65. The van der Waals surface area contributed by atoms with Crippen molar-refractivity contribution in [2.75, 3.05) is 24.5 Å². The van der Waals surface area contributed by atoms with Crippen LogP contribution in [0.15, 0.2) is 18.2 Å². The summed E-state index contributed by atoms with van der Waals surface area (Å²) in [4.78, 5) is 40.9. The number of benzene rings is 1. The molecular weight excluding hydrogens is 406 g/mol. The van der Waals surface area contributed by atoms with E-state index in [-0.39, 0.29) is 23.6 Å². The number of hydrogen-bond donors (Lipinski definition) is 2. The summed E-state index contributed by atoms with van der Waals surface area (Å²) in [5.41, 5.74) is 0.00941. The van der Waals surface area contributed by atoms with Crippen LogP contribution in [0.1, 0.15) is 44.9 Å². The zero-order valence-corrected chi connectivity index (χ0v) is 17.4. The van der Waals surface area contributed by atoms with Gasteiger partial charge >= 0.3 is 6.03 Å². The molecule has 2 atom stereocenters. The van der Waals surface area contributed by atoms with Gasteiger partial charge in [0.15, 0.2) is 0 Å². The molecule has 4 rings (SSSR count). The third kappa shape index (κ3) is 4.80. The summed E-state index contributed by atoms with van der Waals surface area (Å²) in [5.74, 6) is -1.64. The lowest BCUT2D eigenvalue weighted by molar-refractivity contribution is -0.134. The molecular formula is C22H28F2N4O3. The lowest BCUT2D eigenvalue weighted by Gasteiger charge is -2.33. The van der Waals surface area contributed by atoms with Crippen molar-refractivity contribution in [1.29, 1.82) is 0 Å². The van der Waals surface area contributed by atoms with Crippen LogP contribution in [0.4, 0.5) is 19.3 Å². The standard InChI is InChI=1S/C22H28F2N4O3/c23-15-7-8-19(17(24)12-15)28-10-3-6-18(21(28)30)26-22(31)25-16-9-11-27(13-16)20(29)14-4-1-2-5-14/h7-8,12,14,16,18H,1-6,9-11,13H2,(H2,25,26,31). The van der Waals surface area contributed by atoms with Gasteiger partial charge in [0.1, 0.15) is 17.7 Å². The summed E-state index contributed by atoms with van der Waals surface area (Å²) in [6, 6.07) is 1.67. The van der Waals surface area contributed by atoms with Gasteiger partial charge in [-0.2, -0.15) is 0 Å². The number of nitrogens with zero attached hydrogens (tertiary/aromatic N) is 2. The minimum Gasteiger partial charge on any atom is -0.340 e. The van der Waals surface area contributed by atoms with Gasteiger partial charge in [0.05, 0.1) is 5.69 Å². The maximum absolute atomic E-state index is 14.1. The van der Waals surface area contributed by atoms with Crippen LogP contribution in [0.5, 0.6) is 0 Å². The molecule has 2 unspecified atom stereocenters. The number of halogens is 2. The Balaban J connectivity index is 1.30. The molecule has 1 saturated carbocycles. The van der Waals surface area contributed by atoms with E-state index in [1.165, 1.54) is 11.0 Å². The smallest absolute Gasteiger partial charge is 0.315 e. The van der Waals surface area contributed by atoms with E-state index in [0.717, 1.165) is 37.8 Å². The van der Waals surface area contributed by atoms with Gasteiger partial charge in [-0.1, -0.05) is 12.8 Å². The van der Waals surface area contributed by atoms with Crippen LogP contribution in [-0.2, 0) is 9.59 Å². The molecule has 9 heteroatoms. The average molecular weight is 434 g/mol. The second kappa shape index (κ2) is 9.20. The summed E-state index contributed by atoms with van der Waals surface area (Å²) in [7, 11) is 0. The van der Waals surface area contributed by atoms with Gasteiger partial charge in [-0.3, -0.25) is 9.59 Å². The molecule has 2 heterocycles. The normalized spacial score (nSPS) is 24.5. The third-order valence-corrected chi connectivity index (χ3v) is 6.48. The van der Waals surface area contributed by atoms with Crippen molar-refractivity contribution < 1.29 is 23.2 Å². The van der Waals surface area contributed by atoms with Crippen LogP contribution in [0.3, 0.4) is 0 Å². The molecule has 2 N–H and O–H groups in total. The van der Waals surface area contributed by atoms with Crippen molar-refractivity contribution in [3.8, 4) is 0 Å². The molecule has 0 radical (unpaired) electrons. The Labute approximate surface area is 180 Å². The average Bonchev–Trinajstić information content (AvgIpc) is 3.42. The van der Waals surface area contributed by atoms with Gasteiger partial charge in [-0.25, -0.2) is 13.6 Å². The van der Waals surface area contributed by atoms with E-state index < -0.39 is 29.6 Å². The molecule has 7 nitrogen and oxygen atoms in total. The van der Waals surface area contributed by atoms with Crippen molar-refractivity contribution in [1.82, 2.24) is 15.5 Å². The highest BCUT2D eigenvalue weighted by Crippen LogP contribution is 2.28. The number of rotatable bonds is 4. The fourth-order valence-electron chi connectivity index (χ4n) is 4.84. The van der Waals surface area contributed by atoms with Gasteiger partial charge in [0.2, 0.25) is 11.8 Å². The Morgan fingerprint density at radius 3 is 2.48 bits per heavy atom. The topological polar surface area (TPSA) is 81.8 Å². The first-order chi connectivity index (χ1) is 14.9. The number of nitrogens with one attached hydrogen (secondary N) is 2. The molecule has 0 aromatic heterocycles. The molecule has 0 bridgehead atoms. The highest BCUT2D eigenvalue weighted by Gasteiger charge is 2.35. The minimum absolute atomic E-state index is 0.00941. The Morgan fingerprint density at radius 2 is 1.74 bits per heavy atom. The van der Waals surface area contributed by atoms with Gasteiger partial charge in [0.25, 0.3) is 0 Å². The Kier molecular flexibility index (Phi) is 6.38. The van der Waals surface area contributed by atoms with Crippen molar-refractivity contribution >= 4 is 23.5 Å². The number of urea groups is 1. The molecule has 2 aliphatic heterocycles. The molecule has 1 aliphatic carbocycles. The van der Waals surface area contributed by atoms with Gasteiger partial charge in [0, 0.05) is 37.7 Å². The number of carbonyl (C=O) groups excluding carboxylic acids is 3. The number of amides is 4.